The molecule has 0 saturated carbocycles. The van der Waals surface area contributed by atoms with Crippen LogP contribution in [0, 0.1) is 10.1 Å². The summed E-state index contributed by atoms with van der Waals surface area (Å²) in [5.41, 5.74) is 3.61. The first-order valence-electron chi connectivity index (χ1n) is 11.3. The monoisotopic (exact) mass is 492 g/mol. The van der Waals surface area contributed by atoms with E-state index in [4.69, 9.17) is 9.15 Å². The van der Waals surface area contributed by atoms with E-state index in [1.54, 1.807) is 65.6 Å². The van der Waals surface area contributed by atoms with Gasteiger partial charge in [-0.15, -0.1) is 0 Å². The Kier molecular flexibility index (Phi) is 6.22. The van der Waals surface area contributed by atoms with Gasteiger partial charge in [-0.1, -0.05) is 30.3 Å². The van der Waals surface area contributed by atoms with Crippen LogP contribution in [0.2, 0.25) is 0 Å². The molecular weight excluding hydrogens is 472 g/mol. The van der Waals surface area contributed by atoms with E-state index in [2.05, 4.69) is 0 Å². The lowest BCUT2D eigenvalue weighted by molar-refractivity contribution is -0.384. The number of benzene rings is 3. The van der Waals surface area contributed by atoms with Crippen LogP contribution < -0.4 is 4.90 Å². The Morgan fingerprint density at radius 1 is 0.919 bits per heavy atom. The quantitative estimate of drug-likeness (QED) is 0.139. The number of nitro groups is 1. The number of hydrogen-bond acceptors (Lipinski definition) is 6. The Balaban J connectivity index is 1.49. The number of carbonyl (C=O) groups is 2. The zero-order valence-corrected chi connectivity index (χ0v) is 19.7. The van der Waals surface area contributed by atoms with E-state index in [-0.39, 0.29) is 11.6 Å². The highest BCUT2D eigenvalue weighted by Gasteiger charge is 2.30. The number of carbonyl (C=O) groups excluding carboxylic acids is 2. The van der Waals surface area contributed by atoms with Gasteiger partial charge in [0.15, 0.2) is 0 Å². The highest BCUT2D eigenvalue weighted by molar-refractivity contribution is 6.23. The van der Waals surface area contributed by atoms with Crippen LogP contribution in [0.25, 0.3) is 23.1 Å². The second-order valence-electron chi connectivity index (χ2n) is 8.18. The minimum atomic E-state index is -0.459. The minimum Gasteiger partial charge on any atom is -0.465 e. The van der Waals surface area contributed by atoms with Crippen molar-refractivity contribution in [1.29, 1.82) is 0 Å². The highest BCUT2D eigenvalue weighted by atomic mass is 16.6. The van der Waals surface area contributed by atoms with Gasteiger partial charge < -0.3 is 9.15 Å². The number of rotatable bonds is 6. The molecule has 8 nitrogen and oxygen atoms in total. The Bertz CT molecular complexity index is 1550. The Morgan fingerprint density at radius 2 is 1.62 bits per heavy atom. The Morgan fingerprint density at radius 3 is 2.27 bits per heavy atom. The average Bonchev–Trinajstić information content (AvgIpc) is 3.53. The number of methoxy groups -OCH3 is 1. The fraction of sp³-hybridized carbons (Fsp3) is 0.0345. The minimum absolute atomic E-state index is 0.00695. The predicted octanol–water partition coefficient (Wildman–Crippen LogP) is 6.11. The first-order valence-corrected chi connectivity index (χ1v) is 11.3. The van der Waals surface area contributed by atoms with Crippen LogP contribution in [-0.4, -0.2) is 23.9 Å². The van der Waals surface area contributed by atoms with Crippen LogP contribution in [0.15, 0.2) is 107 Å². The van der Waals surface area contributed by atoms with Crippen LogP contribution in [-0.2, 0) is 9.53 Å². The molecule has 0 N–H and O–H groups in total. The molecule has 3 aromatic carbocycles. The summed E-state index contributed by atoms with van der Waals surface area (Å²) in [4.78, 5) is 37.4. The number of esters is 1. The number of non-ortho nitro benzene ring substituents is 1. The molecule has 2 heterocycles. The van der Waals surface area contributed by atoms with E-state index in [9.17, 15) is 19.7 Å². The molecule has 0 spiro atoms. The number of furan rings is 1. The first-order chi connectivity index (χ1) is 17.9. The first kappa shape index (κ1) is 23.5. The van der Waals surface area contributed by atoms with Gasteiger partial charge in [-0.25, -0.2) is 4.79 Å². The lowest BCUT2D eigenvalue weighted by atomic mass is 10.1. The van der Waals surface area contributed by atoms with Gasteiger partial charge in [0.05, 0.1) is 23.3 Å². The normalized spacial score (nSPS) is 14.1. The van der Waals surface area contributed by atoms with Crippen molar-refractivity contribution in [3.05, 3.63) is 130 Å². The summed E-state index contributed by atoms with van der Waals surface area (Å²) in [6.45, 7) is 0. The zero-order valence-electron chi connectivity index (χ0n) is 19.7. The van der Waals surface area contributed by atoms with E-state index < -0.39 is 10.9 Å². The van der Waals surface area contributed by atoms with Gasteiger partial charge in [-0.3, -0.25) is 19.8 Å². The van der Waals surface area contributed by atoms with Crippen LogP contribution >= 0.6 is 0 Å². The smallest absolute Gasteiger partial charge is 0.337 e. The molecular formula is C29H20N2O6. The number of amides is 1. The molecule has 1 aromatic heterocycles. The van der Waals surface area contributed by atoms with Crippen LogP contribution in [0.4, 0.5) is 11.4 Å². The van der Waals surface area contributed by atoms with E-state index in [1.807, 2.05) is 30.3 Å². The highest BCUT2D eigenvalue weighted by Crippen LogP contribution is 2.36. The standard InChI is InChI=1S/C29H20N2O6/c1-36-29(33)21-9-11-23(12-10-21)30-26(19-5-3-2-4-6-19)18-22(28(30)32)17-25-15-16-27(37-25)20-7-13-24(14-8-20)31(34)35/h2-18H,1H3. The molecule has 1 aliphatic heterocycles. The molecule has 0 unspecified atom stereocenters. The van der Waals surface area contributed by atoms with Gasteiger partial charge in [-0.05, 0) is 66.2 Å². The molecule has 0 aliphatic carbocycles. The van der Waals surface area contributed by atoms with Crippen LogP contribution in [0.1, 0.15) is 21.7 Å². The summed E-state index contributed by atoms with van der Waals surface area (Å²) in [5.74, 6) is 0.274. The van der Waals surface area contributed by atoms with E-state index in [0.717, 1.165) is 5.56 Å². The zero-order chi connectivity index (χ0) is 25.9. The number of ether oxygens (including phenoxy) is 1. The number of hydrogen-bond donors (Lipinski definition) is 0. The molecule has 0 atom stereocenters. The molecule has 0 radical (unpaired) electrons. The van der Waals surface area contributed by atoms with Gasteiger partial charge in [-0.2, -0.15) is 0 Å². The molecule has 182 valence electrons. The van der Waals surface area contributed by atoms with Gasteiger partial charge >= 0.3 is 5.97 Å². The molecule has 4 aromatic rings. The molecule has 0 bridgehead atoms. The summed E-state index contributed by atoms with van der Waals surface area (Å²) in [7, 11) is 1.31. The second kappa shape index (κ2) is 9.79. The lowest BCUT2D eigenvalue weighted by Crippen LogP contribution is -2.25. The maximum atomic E-state index is 13.6. The molecule has 0 fully saturated rings. The third kappa shape index (κ3) is 4.68. The number of nitrogens with zero attached hydrogens (tertiary/aromatic N) is 2. The number of nitro benzene ring substituents is 1. The van der Waals surface area contributed by atoms with E-state index in [1.165, 1.54) is 19.2 Å². The Labute approximate surface area is 211 Å². The average molecular weight is 492 g/mol. The third-order valence-corrected chi connectivity index (χ3v) is 5.89. The third-order valence-electron chi connectivity index (χ3n) is 5.89. The summed E-state index contributed by atoms with van der Waals surface area (Å²) in [6, 6.07) is 25.7. The van der Waals surface area contributed by atoms with Gasteiger partial charge in [0, 0.05) is 29.0 Å². The van der Waals surface area contributed by atoms with Gasteiger partial charge in [0.25, 0.3) is 11.6 Å². The van der Waals surface area contributed by atoms with Crippen molar-refractivity contribution < 1.29 is 23.7 Å². The SMILES string of the molecule is COC(=O)c1ccc(N2C(=O)C(=Cc3ccc(-c4ccc([N+](=O)[O-])cc4)o3)C=C2c2ccccc2)cc1. The van der Waals surface area contributed by atoms with Crippen molar-refractivity contribution >= 4 is 35.0 Å². The van der Waals surface area contributed by atoms with Crippen molar-refractivity contribution in [3.63, 3.8) is 0 Å². The molecule has 5 rings (SSSR count). The fourth-order valence-electron chi connectivity index (χ4n) is 4.04. The molecule has 0 saturated heterocycles. The predicted molar refractivity (Wildman–Crippen MR) is 138 cm³/mol. The van der Waals surface area contributed by atoms with Gasteiger partial charge in [0.2, 0.25) is 0 Å². The molecule has 37 heavy (non-hydrogen) atoms. The maximum Gasteiger partial charge on any atom is 0.337 e. The topological polar surface area (TPSA) is 103 Å². The molecule has 1 aliphatic rings. The summed E-state index contributed by atoms with van der Waals surface area (Å²) >= 11 is 0. The molecule has 8 heteroatoms. The van der Waals surface area contributed by atoms with Crippen molar-refractivity contribution in [2.75, 3.05) is 12.0 Å². The van der Waals surface area contributed by atoms with E-state index >= 15 is 0 Å². The Hall–Kier alpha value is -5.24. The van der Waals surface area contributed by atoms with Crippen molar-refractivity contribution in [2.45, 2.75) is 0 Å². The van der Waals surface area contributed by atoms with Gasteiger partial charge in [0.1, 0.15) is 11.5 Å². The lowest BCUT2D eigenvalue weighted by Gasteiger charge is -2.21. The van der Waals surface area contributed by atoms with Crippen LogP contribution in [0.5, 0.6) is 0 Å². The largest absolute Gasteiger partial charge is 0.465 e. The summed E-state index contributed by atoms with van der Waals surface area (Å²) in [6.07, 6.45) is 3.45. The molecule has 1 amide bonds. The maximum absolute atomic E-state index is 13.6. The van der Waals surface area contributed by atoms with Crippen molar-refractivity contribution in [2.24, 2.45) is 0 Å². The summed E-state index contributed by atoms with van der Waals surface area (Å²) < 4.78 is 10.7. The van der Waals surface area contributed by atoms with Crippen molar-refractivity contribution in [3.8, 4) is 11.3 Å². The van der Waals surface area contributed by atoms with E-state index in [0.29, 0.717) is 39.6 Å². The van der Waals surface area contributed by atoms with Crippen LogP contribution in [0.3, 0.4) is 0 Å². The number of anilines is 1. The second-order valence-corrected chi connectivity index (χ2v) is 8.18. The summed E-state index contributed by atoms with van der Waals surface area (Å²) in [5, 5.41) is 10.9. The van der Waals surface area contributed by atoms with Crippen molar-refractivity contribution in [1.82, 2.24) is 0 Å². The fourth-order valence-corrected chi connectivity index (χ4v) is 4.04.